The number of hydrogen-bond donors (Lipinski definition) is 0. The Morgan fingerprint density at radius 2 is 2.00 bits per heavy atom. The molecule has 1 aromatic heterocycles. The molecule has 0 saturated carbocycles. The molecule has 0 radical (unpaired) electrons. The molecule has 0 saturated heterocycles. The molecule has 4 nitrogen and oxygen atoms in total. The van der Waals surface area contributed by atoms with Crippen LogP contribution in [0.25, 0.3) is 0 Å². The van der Waals surface area contributed by atoms with E-state index in [1.165, 1.54) is 21.8 Å². The number of ether oxygens (including phenoxy) is 2. The first-order valence-electron chi connectivity index (χ1n) is 7.64. The molecule has 124 valence electrons. The van der Waals surface area contributed by atoms with Gasteiger partial charge in [0.2, 0.25) is 0 Å². The predicted molar refractivity (Wildman–Crippen MR) is 95.5 cm³/mol. The summed E-state index contributed by atoms with van der Waals surface area (Å²) in [6.07, 6.45) is 4.66. The highest BCUT2D eigenvalue weighted by Crippen LogP contribution is 2.23. The van der Waals surface area contributed by atoms with E-state index < -0.39 is 0 Å². The zero-order valence-electron chi connectivity index (χ0n) is 13.8. The number of nitrogens with zero attached hydrogens (tertiary/aromatic N) is 1. The summed E-state index contributed by atoms with van der Waals surface area (Å²) in [5, 5.41) is 0. The number of benzene rings is 1. The minimum atomic E-state index is -0.0739. The van der Waals surface area contributed by atoms with Gasteiger partial charge in [-0.1, -0.05) is 12.1 Å². The first kappa shape index (κ1) is 17.6. The monoisotopic (exact) mass is 379 g/mol. The quantitative estimate of drug-likeness (QED) is 0.685. The topological polar surface area (TPSA) is 40.5 Å². The van der Waals surface area contributed by atoms with Crippen LogP contribution in [-0.2, 0) is 13.5 Å². The number of halogens is 1. The van der Waals surface area contributed by atoms with E-state index >= 15 is 0 Å². The van der Waals surface area contributed by atoms with Crippen molar-refractivity contribution in [2.75, 3.05) is 13.7 Å². The number of aromatic nitrogens is 1. The Bertz CT molecular complexity index is 725. The summed E-state index contributed by atoms with van der Waals surface area (Å²) >= 11 is 3.41. The summed E-state index contributed by atoms with van der Waals surface area (Å²) in [5.74, 6) is 1.54. The van der Waals surface area contributed by atoms with Gasteiger partial charge >= 0.3 is 0 Å². The van der Waals surface area contributed by atoms with Crippen molar-refractivity contribution in [3.63, 3.8) is 0 Å². The number of unbranched alkanes of at least 4 members (excludes halogenated alkanes) is 1. The fourth-order valence-electron chi connectivity index (χ4n) is 2.44. The lowest BCUT2D eigenvalue weighted by atomic mass is 10.0. The van der Waals surface area contributed by atoms with Gasteiger partial charge < -0.3 is 14.0 Å². The van der Waals surface area contributed by atoms with E-state index in [0.717, 1.165) is 29.5 Å². The van der Waals surface area contributed by atoms with Gasteiger partial charge in [0.25, 0.3) is 5.56 Å². The highest BCUT2D eigenvalue weighted by Gasteiger charge is 2.06. The van der Waals surface area contributed by atoms with Crippen LogP contribution in [0.1, 0.15) is 24.0 Å². The molecule has 5 heteroatoms. The molecule has 0 aliphatic carbocycles. The number of pyridine rings is 1. The molecular weight excluding hydrogens is 358 g/mol. The smallest absolute Gasteiger partial charge is 0.254 e. The molecule has 0 aliphatic rings. The van der Waals surface area contributed by atoms with Crippen LogP contribution >= 0.6 is 15.9 Å². The van der Waals surface area contributed by atoms with Gasteiger partial charge in [-0.15, -0.1) is 0 Å². The third-order valence-electron chi connectivity index (χ3n) is 3.86. The maximum atomic E-state index is 11.6. The van der Waals surface area contributed by atoms with Crippen molar-refractivity contribution in [2.45, 2.75) is 26.2 Å². The van der Waals surface area contributed by atoms with Crippen molar-refractivity contribution in [1.82, 2.24) is 4.57 Å². The molecule has 0 spiro atoms. The van der Waals surface area contributed by atoms with Crippen LogP contribution in [0, 0.1) is 6.92 Å². The minimum absolute atomic E-state index is 0.0739. The van der Waals surface area contributed by atoms with E-state index in [1.54, 1.807) is 20.4 Å². The van der Waals surface area contributed by atoms with Gasteiger partial charge in [-0.3, -0.25) is 4.79 Å². The van der Waals surface area contributed by atoms with E-state index in [9.17, 15) is 4.79 Å². The third kappa shape index (κ3) is 4.61. The fraction of sp³-hybridized carbons (Fsp3) is 0.389. The van der Waals surface area contributed by atoms with Crippen molar-refractivity contribution in [2.24, 2.45) is 7.05 Å². The summed E-state index contributed by atoms with van der Waals surface area (Å²) in [6.45, 7) is 2.68. The molecule has 2 aromatic rings. The van der Waals surface area contributed by atoms with Crippen LogP contribution in [0.15, 0.2) is 39.7 Å². The van der Waals surface area contributed by atoms with Crippen molar-refractivity contribution in [3.05, 3.63) is 56.4 Å². The molecule has 1 aromatic carbocycles. The number of rotatable bonds is 7. The zero-order valence-corrected chi connectivity index (χ0v) is 15.4. The van der Waals surface area contributed by atoms with Gasteiger partial charge in [0, 0.05) is 19.3 Å². The lowest BCUT2D eigenvalue weighted by Gasteiger charge is -2.11. The first-order chi connectivity index (χ1) is 11.0. The van der Waals surface area contributed by atoms with Crippen LogP contribution in [0.5, 0.6) is 11.5 Å². The Morgan fingerprint density at radius 1 is 1.22 bits per heavy atom. The second-order valence-electron chi connectivity index (χ2n) is 5.48. The Balaban J connectivity index is 1.83. The van der Waals surface area contributed by atoms with Crippen LogP contribution in [-0.4, -0.2) is 18.3 Å². The predicted octanol–water partition coefficient (Wildman–Crippen LogP) is 3.87. The SMILES string of the molecule is COc1cccc(CCCCOc2cc(=O)n(C)cc2Br)c1C. The molecule has 0 atom stereocenters. The number of hydrogen-bond acceptors (Lipinski definition) is 3. The van der Waals surface area contributed by atoms with E-state index in [2.05, 4.69) is 28.9 Å². The first-order valence-corrected chi connectivity index (χ1v) is 8.43. The van der Waals surface area contributed by atoms with Crippen molar-refractivity contribution < 1.29 is 9.47 Å². The third-order valence-corrected chi connectivity index (χ3v) is 4.45. The molecule has 2 rings (SSSR count). The van der Waals surface area contributed by atoms with E-state index in [1.807, 2.05) is 12.1 Å². The normalized spacial score (nSPS) is 10.6. The van der Waals surface area contributed by atoms with Crippen molar-refractivity contribution in [3.8, 4) is 11.5 Å². The fourth-order valence-corrected chi connectivity index (χ4v) is 2.98. The average molecular weight is 380 g/mol. The molecular formula is C18H22BrNO3. The van der Waals surface area contributed by atoms with Gasteiger partial charge in [0.15, 0.2) is 0 Å². The highest BCUT2D eigenvalue weighted by atomic mass is 79.9. The summed E-state index contributed by atoms with van der Waals surface area (Å²) in [4.78, 5) is 11.6. The molecule has 0 fully saturated rings. The standard InChI is InChI=1S/C18H22BrNO3/c1-13-14(8-6-9-16(13)22-3)7-4-5-10-23-17-11-18(21)20(2)12-15(17)19/h6,8-9,11-12H,4-5,7,10H2,1-3H3. The van der Waals surface area contributed by atoms with Gasteiger partial charge in [0.05, 0.1) is 18.2 Å². The lowest BCUT2D eigenvalue weighted by molar-refractivity contribution is 0.304. The summed E-state index contributed by atoms with van der Waals surface area (Å²) in [5.41, 5.74) is 2.43. The maximum Gasteiger partial charge on any atom is 0.254 e. The van der Waals surface area contributed by atoms with Gasteiger partial charge in [0.1, 0.15) is 11.5 Å². The van der Waals surface area contributed by atoms with Crippen molar-refractivity contribution in [1.29, 1.82) is 0 Å². The molecule has 0 bridgehead atoms. The Hall–Kier alpha value is -1.75. The molecule has 0 aliphatic heterocycles. The molecule has 23 heavy (non-hydrogen) atoms. The van der Waals surface area contributed by atoms with E-state index in [4.69, 9.17) is 9.47 Å². The minimum Gasteiger partial charge on any atom is -0.496 e. The Morgan fingerprint density at radius 3 is 2.74 bits per heavy atom. The molecule has 0 N–H and O–H groups in total. The van der Waals surface area contributed by atoms with Crippen molar-refractivity contribution >= 4 is 15.9 Å². The maximum absolute atomic E-state index is 11.6. The Kier molecular flexibility index (Phi) is 6.28. The van der Waals surface area contributed by atoms with E-state index in [0.29, 0.717) is 12.4 Å². The number of aryl methyl sites for hydroxylation is 2. The number of methoxy groups -OCH3 is 1. The van der Waals surface area contributed by atoms with Gasteiger partial charge in [-0.2, -0.15) is 0 Å². The summed E-state index contributed by atoms with van der Waals surface area (Å²) in [6, 6.07) is 7.65. The largest absolute Gasteiger partial charge is 0.496 e. The van der Waals surface area contributed by atoms with Crippen LogP contribution in [0.4, 0.5) is 0 Å². The van der Waals surface area contributed by atoms with Gasteiger partial charge in [-0.05, 0) is 59.3 Å². The molecule has 0 amide bonds. The van der Waals surface area contributed by atoms with Crippen LogP contribution in [0.2, 0.25) is 0 Å². The zero-order chi connectivity index (χ0) is 16.8. The lowest BCUT2D eigenvalue weighted by Crippen LogP contribution is -2.15. The molecule has 0 unspecified atom stereocenters. The van der Waals surface area contributed by atoms with E-state index in [-0.39, 0.29) is 5.56 Å². The second kappa shape index (κ2) is 8.20. The van der Waals surface area contributed by atoms with Crippen LogP contribution in [0.3, 0.4) is 0 Å². The molecule has 1 heterocycles. The highest BCUT2D eigenvalue weighted by molar-refractivity contribution is 9.10. The second-order valence-corrected chi connectivity index (χ2v) is 6.34. The van der Waals surface area contributed by atoms with Gasteiger partial charge in [-0.25, -0.2) is 0 Å². The average Bonchev–Trinajstić information content (AvgIpc) is 2.53. The Labute approximate surface area is 145 Å². The summed E-state index contributed by atoms with van der Waals surface area (Å²) < 4.78 is 13.4. The summed E-state index contributed by atoms with van der Waals surface area (Å²) in [7, 11) is 3.41. The van der Waals surface area contributed by atoms with Crippen LogP contribution < -0.4 is 15.0 Å².